The van der Waals surface area contributed by atoms with Crippen molar-refractivity contribution < 1.29 is 23.9 Å². The molecule has 4 aromatic rings. The molecule has 9 rings (SSSR count). The maximum atomic E-state index is 14.3. The van der Waals surface area contributed by atoms with Gasteiger partial charge in [-0.15, -0.1) is 0 Å². The minimum absolute atomic E-state index is 0.0101. The average Bonchev–Trinajstić information content (AvgIpc) is 4.00. The van der Waals surface area contributed by atoms with E-state index in [0.29, 0.717) is 41.9 Å². The molecule has 2 amide bonds. The highest BCUT2D eigenvalue weighted by molar-refractivity contribution is 6.36. The average molecular weight is 806 g/mol. The second-order valence-corrected chi connectivity index (χ2v) is 17.6. The van der Waals surface area contributed by atoms with Crippen molar-refractivity contribution in [1.29, 1.82) is 0 Å². The van der Waals surface area contributed by atoms with Crippen molar-refractivity contribution in [3.63, 3.8) is 0 Å². The van der Waals surface area contributed by atoms with Crippen LogP contribution in [0.25, 0.3) is 22.4 Å². The van der Waals surface area contributed by atoms with Crippen molar-refractivity contribution in [3.8, 4) is 28.3 Å². The number of pyridine rings is 1. The van der Waals surface area contributed by atoms with Crippen LogP contribution in [0.2, 0.25) is 5.02 Å². The summed E-state index contributed by atoms with van der Waals surface area (Å²) in [7, 11) is 5.12. The summed E-state index contributed by atoms with van der Waals surface area (Å²) in [5, 5.41) is 3.56. The topological polar surface area (TPSA) is 122 Å². The molecule has 2 saturated carbocycles. The molecule has 0 unspecified atom stereocenters. The molecule has 2 aromatic heterocycles. The Morgan fingerprint density at radius 3 is 2.43 bits per heavy atom. The fourth-order valence-electron chi connectivity index (χ4n) is 10.7. The summed E-state index contributed by atoms with van der Waals surface area (Å²) in [6.07, 6.45) is 7.68. The van der Waals surface area contributed by atoms with Gasteiger partial charge < -0.3 is 24.3 Å². The Hall–Kier alpha value is -4.78. The molecule has 12 nitrogen and oxygen atoms in total. The van der Waals surface area contributed by atoms with Crippen LogP contribution in [-0.2, 0) is 47.3 Å². The van der Waals surface area contributed by atoms with Gasteiger partial charge in [0.25, 0.3) is 5.91 Å². The highest BCUT2D eigenvalue weighted by Crippen LogP contribution is 2.63. The van der Waals surface area contributed by atoms with Crippen molar-refractivity contribution in [2.75, 3.05) is 51.8 Å². The summed E-state index contributed by atoms with van der Waals surface area (Å²) in [5.41, 5.74) is 8.44. The van der Waals surface area contributed by atoms with E-state index in [-0.39, 0.29) is 34.7 Å². The van der Waals surface area contributed by atoms with E-state index < -0.39 is 0 Å². The van der Waals surface area contributed by atoms with E-state index in [4.69, 9.17) is 31.0 Å². The molecule has 0 radical (unpaired) electrons. The third kappa shape index (κ3) is 6.76. The van der Waals surface area contributed by atoms with E-state index in [2.05, 4.69) is 21.2 Å². The van der Waals surface area contributed by atoms with Gasteiger partial charge in [0.1, 0.15) is 0 Å². The number of hydrogen-bond acceptors (Lipinski definition) is 9. The number of imidazole rings is 1. The second-order valence-electron chi connectivity index (χ2n) is 17.2. The number of esters is 1. The van der Waals surface area contributed by atoms with Crippen LogP contribution in [0.5, 0.6) is 5.88 Å². The number of ether oxygens (including phenoxy) is 2. The molecule has 5 aliphatic rings. The predicted octanol–water partition coefficient (Wildman–Crippen LogP) is 6.21. The Kier molecular flexibility index (Phi) is 10.1. The molecule has 5 heterocycles. The summed E-state index contributed by atoms with van der Waals surface area (Å²) < 4.78 is 12.9. The van der Waals surface area contributed by atoms with Gasteiger partial charge in [-0.05, 0) is 80.2 Å². The van der Waals surface area contributed by atoms with Gasteiger partial charge in [-0.25, -0.2) is 9.97 Å². The number of carbonyl (C=O) groups excluding carboxylic acids is 3. The zero-order chi connectivity index (χ0) is 40.3. The molecular weight excluding hydrogens is 754 g/mol. The van der Waals surface area contributed by atoms with Crippen LogP contribution in [0.15, 0.2) is 48.5 Å². The lowest BCUT2D eigenvalue weighted by molar-refractivity contribution is -0.152. The van der Waals surface area contributed by atoms with Gasteiger partial charge in [0.15, 0.2) is 5.82 Å². The molecular formula is C45H52ClN7O5. The Bertz CT molecular complexity index is 2290. The number of amides is 2. The summed E-state index contributed by atoms with van der Waals surface area (Å²) >= 11 is 7.24. The van der Waals surface area contributed by atoms with Gasteiger partial charge in [-0.2, -0.15) is 0 Å². The van der Waals surface area contributed by atoms with Crippen molar-refractivity contribution in [2.24, 2.45) is 17.9 Å². The van der Waals surface area contributed by atoms with E-state index >= 15 is 0 Å². The van der Waals surface area contributed by atoms with Crippen molar-refractivity contribution in [2.45, 2.75) is 77.4 Å². The number of rotatable bonds is 11. The Morgan fingerprint density at radius 1 is 0.914 bits per heavy atom. The number of likely N-dealkylation sites (tertiary alicyclic amines) is 1. The van der Waals surface area contributed by atoms with Crippen LogP contribution in [0.1, 0.15) is 78.6 Å². The van der Waals surface area contributed by atoms with Crippen LogP contribution in [0, 0.1) is 10.8 Å². The van der Waals surface area contributed by atoms with E-state index in [9.17, 15) is 14.4 Å². The van der Waals surface area contributed by atoms with Gasteiger partial charge in [-0.3, -0.25) is 24.2 Å². The number of hydrogen-bond donors (Lipinski definition) is 1. The SMILES string of the molecule is COC(=O)C12CCC(CCN3CCc4c(nc(C(=O)N5CCc6c(-c7cccc(-c8ccc(CN9CC(NC(C)=O)C9)c(OC)n8)c7Cl)cccc65)n4C)C3)(CC1)C2. The molecule has 2 aliphatic carbocycles. The number of methoxy groups -OCH3 is 2. The molecule has 0 spiro atoms. The van der Waals surface area contributed by atoms with E-state index in [1.807, 2.05) is 59.0 Å². The minimum Gasteiger partial charge on any atom is -0.481 e. The zero-order valence-electron chi connectivity index (χ0n) is 33.9. The number of fused-ring (bicyclic) bond motifs is 4. The fraction of sp³-hybridized carbons (Fsp3) is 0.489. The lowest BCUT2D eigenvalue weighted by Crippen LogP contribution is -2.58. The lowest BCUT2D eigenvalue weighted by Gasteiger charge is -2.39. The first-order valence-corrected chi connectivity index (χ1v) is 21.0. The fourth-order valence-corrected chi connectivity index (χ4v) is 11.0. The van der Waals surface area contributed by atoms with Gasteiger partial charge in [0.2, 0.25) is 11.8 Å². The van der Waals surface area contributed by atoms with Crippen LogP contribution >= 0.6 is 11.6 Å². The number of halogens is 1. The number of nitrogens with one attached hydrogen (secondary N) is 1. The molecule has 304 valence electrons. The van der Waals surface area contributed by atoms with Crippen molar-refractivity contribution in [1.82, 2.24) is 29.7 Å². The monoisotopic (exact) mass is 805 g/mol. The molecule has 2 bridgehead atoms. The molecule has 2 aromatic carbocycles. The predicted molar refractivity (Wildman–Crippen MR) is 222 cm³/mol. The molecule has 3 fully saturated rings. The molecule has 13 heteroatoms. The molecule has 0 atom stereocenters. The van der Waals surface area contributed by atoms with Crippen molar-refractivity contribution in [3.05, 3.63) is 81.9 Å². The van der Waals surface area contributed by atoms with Gasteiger partial charge in [0.05, 0.1) is 42.1 Å². The van der Waals surface area contributed by atoms with E-state index in [0.717, 1.165) is 123 Å². The van der Waals surface area contributed by atoms with Crippen LogP contribution in [0.3, 0.4) is 0 Å². The molecule has 58 heavy (non-hydrogen) atoms. The minimum atomic E-state index is -0.262. The Morgan fingerprint density at radius 2 is 1.67 bits per heavy atom. The standard InChI is InChI=1S/C45H52ClN7O5/c1-28(54)47-30-24-52(25-30)23-29-11-12-35(49-41(29)57-3)34-9-5-8-33(39(34)46)31-7-6-10-37-32(31)13-21-53(37)42(55)40-48-36-26-51(20-14-38(36)50(40)2)22-19-44-15-17-45(27-44,18-16-44)43(56)58-4/h5-12,30H,13-27H2,1-4H3,(H,47,54). The summed E-state index contributed by atoms with van der Waals surface area (Å²) in [6, 6.07) is 16.3. The smallest absolute Gasteiger partial charge is 0.311 e. The number of aromatic nitrogens is 3. The Balaban J connectivity index is 0.895. The maximum absolute atomic E-state index is 14.3. The Labute approximate surface area is 344 Å². The van der Waals surface area contributed by atoms with Crippen LogP contribution in [-0.4, -0.2) is 95.1 Å². The lowest BCUT2D eigenvalue weighted by atomic mass is 9.80. The molecule has 1 saturated heterocycles. The largest absolute Gasteiger partial charge is 0.481 e. The number of anilines is 1. The highest BCUT2D eigenvalue weighted by atomic mass is 35.5. The molecule has 3 aliphatic heterocycles. The maximum Gasteiger partial charge on any atom is 0.311 e. The van der Waals surface area contributed by atoms with E-state index in [1.165, 1.54) is 7.11 Å². The first-order valence-electron chi connectivity index (χ1n) is 20.6. The third-order valence-corrected chi connectivity index (χ3v) is 14.2. The number of benzene rings is 2. The van der Waals surface area contributed by atoms with Crippen LogP contribution < -0.4 is 15.0 Å². The summed E-state index contributed by atoms with van der Waals surface area (Å²) in [4.78, 5) is 54.8. The van der Waals surface area contributed by atoms with Gasteiger partial charge >= 0.3 is 5.97 Å². The first kappa shape index (κ1) is 38.7. The quantitative estimate of drug-likeness (QED) is 0.177. The third-order valence-electron chi connectivity index (χ3n) is 13.8. The molecule has 1 N–H and O–H groups in total. The zero-order valence-corrected chi connectivity index (χ0v) is 34.7. The highest BCUT2D eigenvalue weighted by Gasteiger charge is 2.58. The second kappa shape index (κ2) is 15.1. The number of nitrogens with zero attached hydrogens (tertiary/aromatic N) is 6. The van der Waals surface area contributed by atoms with Crippen molar-refractivity contribution >= 4 is 35.1 Å². The summed E-state index contributed by atoms with van der Waals surface area (Å²) in [5.74, 6) is 0.901. The normalized spacial score (nSPS) is 22.7. The first-order chi connectivity index (χ1) is 28.0. The summed E-state index contributed by atoms with van der Waals surface area (Å²) in [6.45, 7) is 6.98. The van der Waals surface area contributed by atoms with Gasteiger partial charge in [-0.1, -0.05) is 48.0 Å². The number of carbonyl (C=O) groups is 3. The van der Waals surface area contributed by atoms with Gasteiger partial charge in [0, 0.05) is 87.7 Å². The van der Waals surface area contributed by atoms with Crippen LogP contribution in [0.4, 0.5) is 5.69 Å². The van der Waals surface area contributed by atoms with E-state index in [1.54, 1.807) is 14.0 Å².